The van der Waals surface area contributed by atoms with E-state index < -0.39 is 0 Å². The molecule has 1 amide bonds. The van der Waals surface area contributed by atoms with Gasteiger partial charge in [0, 0.05) is 30.7 Å². The number of carbonyl (C=O) groups is 1. The molecule has 1 unspecified atom stereocenters. The number of carbonyl (C=O) groups excluding carboxylic acids is 1. The highest BCUT2D eigenvalue weighted by molar-refractivity contribution is 7.11. The van der Waals surface area contributed by atoms with Gasteiger partial charge in [-0.2, -0.15) is 0 Å². The quantitative estimate of drug-likeness (QED) is 0.865. The molecule has 1 aliphatic heterocycles. The molecule has 22 heavy (non-hydrogen) atoms. The van der Waals surface area contributed by atoms with E-state index in [1.807, 2.05) is 6.20 Å². The molecule has 1 fully saturated rings. The average molecular weight is 324 g/mol. The van der Waals surface area contributed by atoms with Gasteiger partial charge in [0.25, 0.3) is 0 Å². The number of likely N-dealkylation sites (tertiary alicyclic amines) is 1. The second-order valence-corrected chi connectivity index (χ2v) is 8.14. The highest BCUT2D eigenvalue weighted by atomic mass is 32.1. The van der Waals surface area contributed by atoms with E-state index in [0.29, 0.717) is 13.1 Å². The fraction of sp³-hybridized carbons (Fsp3) is 0.750. The maximum absolute atomic E-state index is 12.1. The number of nitrogens with two attached hydrogens (primary N) is 1. The zero-order valence-corrected chi connectivity index (χ0v) is 14.7. The van der Waals surface area contributed by atoms with E-state index >= 15 is 0 Å². The predicted octanol–water partition coefficient (Wildman–Crippen LogP) is 1.73. The number of nitrogens with zero attached hydrogens (tertiary/aromatic N) is 2. The minimum absolute atomic E-state index is 0.0855. The van der Waals surface area contributed by atoms with Crippen molar-refractivity contribution in [3.63, 3.8) is 0 Å². The standard InChI is InChI=1S/C16H28N4OS/c1-16(2,3)13-9-19-14(22-13)11-20-8-4-5-12(10-20)15(21)18-7-6-17/h9,12H,4-8,10-11,17H2,1-3H3,(H,18,21). The van der Waals surface area contributed by atoms with Crippen LogP contribution in [-0.4, -0.2) is 42.0 Å². The van der Waals surface area contributed by atoms with Gasteiger partial charge >= 0.3 is 0 Å². The summed E-state index contributed by atoms with van der Waals surface area (Å²) in [5.41, 5.74) is 5.60. The Bertz CT molecular complexity index is 495. The second kappa shape index (κ2) is 7.53. The van der Waals surface area contributed by atoms with Crippen LogP contribution >= 0.6 is 11.3 Å². The molecular weight excluding hydrogens is 296 g/mol. The van der Waals surface area contributed by atoms with E-state index in [0.717, 1.165) is 37.5 Å². The second-order valence-electron chi connectivity index (χ2n) is 7.02. The van der Waals surface area contributed by atoms with Crippen molar-refractivity contribution in [3.8, 4) is 0 Å². The van der Waals surface area contributed by atoms with Gasteiger partial charge in [-0.15, -0.1) is 11.3 Å². The van der Waals surface area contributed by atoms with Crippen molar-refractivity contribution in [3.05, 3.63) is 16.1 Å². The van der Waals surface area contributed by atoms with Gasteiger partial charge in [-0.05, 0) is 24.8 Å². The zero-order valence-electron chi connectivity index (χ0n) is 13.9. The van der Waals surface area contributed by atoms with Gasteiger partial charge in [0.1, 0.15) is 5.01 Å². The van der Waals surface area contributed by atoms with Crippen LogP contribution in [0.3, 0.4) is 0 Å². The Morgan fingerprint density at radius 1 is 1.55 bits per heavy atom. The number of aromatic nitrogens is 1. The first-order valence-corrected chi connectivity index (χ1v) is 8.87. The molecule has 2 heterocycles. The lowest BCUT2D eigenvalue weighted by molar-refractivity contribution is -0.126. The molecule has 2 rings (SSSR count). The Labute approximate surface area is 137 Å². The van der Waals surface area contributed by atoms with Gasteiger partial charge in [-0.1, -0.05) is 20.8 Å². The number of hydrogen-bond donors (Lipinski definition) is 2. The third-order valence-electron chi connectivity index (χ3n) is 3.97. The first-order valence-electron chi connectivity index (χ1n) is 8.05. The van der Waals surface area contributed by atoms with Crippen molar-refractivity contribution >= 4 is 17.2 Å². The molecule has 3 N–H and O–H groups in total. The number of rotatable bonds is 5. The van der Waals surface area contributed by atoms with Crippen LogP contribution in [-0.2, 0) is 16.8 Å². The molecule has 1 aromatic heterocycles. The van der Waals surface area contributed by atoms with Crippen LogP contribution in [0.2, 0.25) is 0 Å². The number of amides is 1. The first-order chi connectivity index (χ1) is 10.4. The van der Waals surface area contributed by atoms with Crippen LogP contribution in [0.1, 0.15) is 43.5 Å². The Kier molecular flexibility index (Phi) is 5.94. The van der Waals surface area contributed by atoms with E-state index in [9.17, 15) is 4.79 Å². The van der Waals surface area contributed by atoms with Crippen molar-refractivity contribution in [2.45, 2.75) is 45.6 Å². The summed E-state index contributed by atoms with van der Waals surface area (Å²) in [6.45, 7) is 10.4. The van der Waals surface area contributed by atoms with Gasteiger partial charge in [0.15, 0.2) is 0 Å². The zero-order chi connectivity index (χ0) is 16.2. The molecule has 0 saturated carbocycles. The van der Waals surface area contributed by atoms with Crippen LogP contribution in [0, 0.1) is 5.92 Å². The molecule has 1 aliphatic rings. The van der Waals surface area contributed by atoms with Crippen LogP contribution in [0.4, 0.5) is 0 Å². The highest BCUT2D eigenvalue weighted by Gasteiger charge is 2.26. The Morgan fingerprint density at radius 2 is 2.32 bits per heavy atom. The van der Waals surface area contributed by atoms with Crippen molar-refractivity contribution in [2.24, 2.45) is 11.7 Å². The Morgan fingerprint density at radius 3 is 2.95 bits per heavy atom. The maximum atomic E-state index is 12.1. The maximum Gasteiger partial charge on any atom is 0.224 e. The number of nitrogens with one attached hydrogen (secondary N) is 1. The number of hydrogen-bond acceptors (Lipinski definition) is 5. The van der Waals surface area contributed by atoms with Crippen molar-refractivity contribution in [2.75, 3.05) is 26.2 Å². The molecule has 0 spiro atoms. The fourth-order valence-electron chi connectivity index (χ4n) is 2.67. The average Bonchev–Trinajstić information content (AvgIpc) is 2.93. The van der Waals surface area contributed by atoms with Gasteiger partial charge in [-0.25, -0.2) is 4.98 Å². The Hall–Kier alpha value is -0.980. The third kappa shape index (κ3) is 4.76. The minimum Gasteiger partial charge on any atom is -0.355 e. The first kappa shape index (κ1) is 17.4. The fourth-order valence-corrected chi connectivity index (χ4v) is 3.69. The summed E-state index contributed by atoms with van der Waals surface area (Å²) in [6, 6.07) is 0. The molecule has 1 aromatic rings. The van der Waals surface area contributed by atoms with Crippen LogP contribution in [0.15, 0.2) is 6.20 Å². The molecular formula is C16H28N4OS. The molecule has 0 radical (unpaired) electrons. The van der Waals surface area contributed by atoms with Crippen molar-refractivity contribution < 1.29 is 4.79 Å². The van der Waals surface area contributed by atoms with Crippen LogP contribution in [0.5, 0.6) is 0 Å². The van der Waals surface area contributed by atoms with Gasteiger partial charge in [0.05, 0.1) is 12.5 Å². The third-order valence-corrected chi connectivity index (χ3v) is 5.38. The smallest absolute Gasteiger partial charge is 0.224 e. The normalized spacial score (nSPS) is 20.1. The molecule has 5 nitrogen and oxygen atoms in total. The molecule has 124 valence electrons. The summed E-state index contributed by atoms with van der Waals surface area (Å²) >= 11 is 1.79. The molecule has 6 heteroatoms. The lowest BCUT2D eigenvalue weighted by atomic mass is 9.96. The SMILES string of the molecule is CC(C)(C)c1cnc(CN2CCCC(C(=O)NCCN)C2)s1. The van der Waals surface area contributed by atoms with Gasteiger partial charge in [0.2, 0.25) is 5.91 Å². The van der Waals surface area contributed by atoms with E-state index in [2.05, 4.69) is 36.0 Å². The number of piperidine rings is 1. The van der Waals surface area contributed by atoms with Crippen LogP contribution < -0.4 is 11.1 Å². The molecule has 1 atom stereocenters. The van der Waals surface area contributed by atoms with E-state index in [1.54, 1.807) is 11.3 Å². The lowest BCUT2D eigenvalue weighted by Crippen LogP contribution is -2.43. The molecule has 0 bridgehead atoms. The summed E-state index contributed by atoms with van der Waals surface area (Å²) in [6.07, 6.45) is 4.03. The molecule has 0 aromatic carbocycles. The molecule has 1 saturated heterocycles. The lowest BCUT2D eigenvalue weighted by Gasteiger charge is -2.31. The monoisotopic (exact) mass is 324 g/mol. The van der Waals surface area contributed by atoms with E-state index in [1.165, 1.54) is 4.88 Å². The van der Waals surface area contributed by atoms with Crippen LogP contribution in [0.25, 0.3) is 0 Å². The van der Waals surface area contributed by atoms with E-state index in [4.69, 9.17) is 5.73 Å². The van der Waals surface area contributed by atoms with Gasteiger partial charge < -0.3 is 11.1 Å². The summed E-state index contributed by atoms with van der Waals surface area (Å²) in [7, 11) is 0. The largest absolute Gasteiger partial charge is 0.355 e. The predicted molar refractivity (Wildman–Crippen MR) is 90.9 cm³/mol. The van der Waals surface area contributed by atoms with Crippen molar-refractivity contribution in [1.82, 2.24) is 15.2 Å². The summed E-state index contributed by atoms with van der Waals surface area (Å²) in [5.74, 6) is 0.229. The van der Waals surface area contributed by atoms with Gasteiger partial charge in [-0.3, -0.25) is 9.69 Å². The summed E-state index contributed by atoms with van der Waals surface area (Å²) in [5, 5.41) is 4.05. The summed E-state index contributed by atoms with van der Waals surface area (Å²) in [4.78, 5) is 20.3. The topological polar surface area (TPSA) is 71.2 Å². The highest BCUT2D eigenvalue weighted by Crippen LogP contribution is 2.29. The minimum atomic E-state index is 0.0855. The summed E-state index contributed by atoms with van der Waals surface area (Å²) < 4.78 is 0. The molecule has 0 aliphatic carbocycles. The Balaban J connectivity index is 1.90. The van der Waals surface area contributed by atoms with E-state index in [-0.39, 0.29) is 17.2 Å². The van der Waals surface area contributed by atoms with Crippen molar-refractivity contribution in [1.29, 1.82) is 0 Å². The number of thiazole rings is 1.